The van der Waals surface area contributed by atoms with E-state index >= 15 is 0 Å². The Balaban J connectivity index is 2.53. The van der Waals surface area contributed by atoms with Gasteiger partial charge in [0.05, 0.1) is 28.8 Å². The lowest BCUT2D eigenvalue weighted by atomic mass is 10.0. The van der Waals surface area contributed by atoms with Gasteiger partial charge in [-0.25, -0.2) is 4.79 Å². The van der Waals surface area contributed by atoms with Crippen LogP contribution in [0.15, 0.2) is 40.9 Å². The number of ether oxygens (including phenoxy) is 2. The molecule has 0 aromatic heterocycles. The van der Waals surface area contributed by atoms with Crippen molar-refractivity contribution in [3.63, 3.8) is 0 Å². The molecule has 0 unspecified atom stereocenters. The first-order valence-electron chi connectivity index (χ1n) is 7.70. The Bertz CT molecular complexity index is 773. The number of aliphatic hydroxyl groups excluding tert-OH is 1. The van der Waals surface area contributed by atoms with Gasteiger partial charge in [0.15, 0.2) is 0 Å². The number of benzene rings is 2. The van der Waals surface area contributed by atoms with Crippen LogP contribution in [0.5, 0.6) is 5.75 Å². The van der Waals surface area contributed by atoms with Crippen molar-refractivity contribution in [2.24, 2.45) is 0 Å². The van der Waals surface area contributed by atoms with Gasteiger partial charge in [-0.1, -0.05) is 12.1 Å². The summed E-state index contributed by atoms with van der Waals surface area (Å²) in [5.74, 6) is -0.248. The minimum Gasteiger partial charge on any atom is -0.489 e. The van der Waals surface area contributed by atoms with E-state index in [2.05, 4.69) is 15.9 Å². The fraction of sp³-hybridized carbons (Fsp3) is 0.278. The molecule has 0 fully saturated rings. The molecule has 26 heavy (non-hydrogen) atoms. The molecule has 4 nitrogen and oxygen atoms in total. The van der Waals surface area contributed by atoms with Crippen molar-refractivity contribution in [3.8, 4) is 16.9 Å². The summed E-state index contributed by atoms with van der Waals surface area (Å²) < 4.78 is 49.2. The van der Waals surface area contributed by atoms with Gasteiger partial charge in [-0.15, -0.1) is 0 Å². The zero-order valence-electron chi connectivity index (χ0n) is 13.8. The van der Waals surface area contributed by atoms with Crippen LogP contribution in [0.3, 0.4) is 0 Å². The number of alkyl halides is 3. The fourth-order valence-corrected chi connectivity index (χ4v) is 2.85. The minimum atomic E-state index is -4.44. The maximum absolute atomic E-state index is 12.8. The number of carbonyl (C=O) groups excluding carboxylic acids is 1. The van der Waals surface area contributed by atoms with Gasteiger partial charge < -0.3 is 14.6 Å². The van der Waals surface area contributed by atoms with E-state index in [1.165, 1.54) is 24.3 Å². The highest BCUT2D eigenvalue weighted by Gasteiger charge is 2.30. The Morgan fingerprint density at radius 2 is 1.85 bits per heavy atom. The Kier molecular flexibility index (Phi) is 6.66. The van der Waals surface area contributed by atoms with Crippen molar-refractivity contribution in [1.82, 2.24) is 0 Å². The number of carbonyl (C=O) groups is 1. The third-order valence-electron chi connectivity index (χ3n) is 3.42. The molecule has 0 aliphatic heterocycles. The molecule has 8 heteroatoms. The molecule has 2 aromatic carbocycles. The summed E-state index contributed by atoms with van der Waals surface area (Å²) in [6.07, 6.45) is -4.44. The average Bonchev–Trinajstić information content (AvgIpc) is 2.59. The number of halogens is 4. The molecule has 1 N–H and O–H groups in total. The molecule has 140 valence electrons. The van der Waals surface area contributed by atoms with Gasteiger partial charge in [0.25, 0.3) is 0 Å². The fourth-order valence-electron chi connectivity index (χ4n) is 2.27. The SMILES string of the molecule is CCOC(=O)c1cc(Br)c(OCCO)c(-c2ccc(C(F)(F)F)cc2)c1. The number of hydrogen-bond acceptors (Lipinski definition) is 4. The number of hydrogen-bond donors (Lipinski definition) is 1. The van der Waals surface area contributed by atoms with Crippen LogP contribution in [-0.2, 0) is 10.9 Å². The van der Waals surface area contributed by atoms with Gasteiger partial charge in [0.1, 0.15) is 12.4 Å². The highest BCUT2D eigenvalue weighted by atomic mass is 79.9. The lowest BCUT2D eigenvalue weighted by molar-refractivity contribution is -0.137. The molecule has 0 aliphatic rings. The average molecular weight is 433 g/mol. The normalized spacial score (nSPS) is 11.3. The Labute approximate surface area is 156 Å². The van der Waals surface area contributed by atoms with Gasteiger partial charge in [0, 0.05) is 5.56 Å². The number of esters is 1. The van der Waals surface area contributed by atoms with Crippen molar-refractivity contribution >= 4 is 21.9 Å². The molecule has 0 amide bonds. The lowest BCUT2D eigenvalue weighted by Gasteiger charge is -2.15. The number of rotatable bonds is 6. The van der Waals surface area contributed by atoms with Gasteiger partial charge in [-0.05, 0) is 52.7 Å². The Hall–Kier alpha value is -2.06. The molecule has 0 radical (unpaired) electrons. The van der Waals surface area contributed by atoms with Crippen molar-refractivity contribution < 1.29 is 32.5 Å². The molecular formula is C18H16BrF3O4. The second-order valence-corrected chi connectivity index (χ2v) is 6.06. The summed E-state index contributed by atoms with van der Waals surface area (Å²) in [5.41, 5.74) is 0.284. The summed E-state index contributed by atoms with van der Waals surface area (Å²) >= 11 is 3.30. The van der Waals surface area contributed by atoms with Crippen LogP contribution >= 0.6 is 15.9 Å². The van der Waals surface area contributed by atoms with E-state index in [0.717, 1.165) is 12.1 Å². The van der Waals surface area contributed by atoms with E-state index < -0.39 is 17.7 Å². The standard InChI is InChI=1S/C18H16BrF3O4/c1-2-25-17(24)12-9-14(16(15(19)10-12)26-8-7-23)11-3-5-13(6-4-11)18(20,21)22/h3-6,9-10,23H,2,7-8H2,1H3. The molecule has 0 aliphatic carbocycles. The maximum Gasteiger partial charge on any atom is 0.416 e. The van der Waals surface area contributed by atoms with E-state index in [1.807, 2.05) is 0 Å². The van der Waals surface area contributed by atoms with Crippen LogP contribution in [0, 0.1) is 0 Å². The third kappa shape index (κ3) is 4.76. The van der Waals surface area contributed by atoms with Gasteiger partial charge in [-0.2, -0.15) is 13.2 Å². The maximum atomic E-state index is 12.8. The first-order valence-corrected chi connectivity index (χ1v) is 8.49. The lowest BCUT2D eigenvalue weighted by Crippen LogP contribution is -2.08. The highest BCUT2D eigenvalue weighted by molar-refractivity contribution is 9.10. The Morgan fingerprint density at radius 3 is 2.38 bits per heavy atom. The molecular weight excluding hydrogens is 417 g/mol. The van der Waals surface area contributed by atoms with Crippen molar-refractivity contribution in [3.05, 3.63) is 52.0 Å². The van der Waals surface area contributed by atoms with Crippen LogP contribution in [0.25, 0.3) is 11.1 Å². The Morgan fingerprint density at radius 1 is 1.19 bits per heavy atom. The van der Waals surface area contributed by atoms with E-state index in [1.54, 1.807) is 6.92 Å². The zero-order chi connectivity index (χ0) is 19.3. The summed E-state index contributed by atoms with van der Waals surface area (Å²) in [6.45, 7) is 1.61. The van der Waals surface area contributed by atoms with E-state index in [9.17, 15) is 18.0 Å². The molecule has 2 rings (SSSR count). The van der Waals surface area contributed by atoms with Crippen molar-refractivity contribution in [1.29, 1.82) is 0 Å². The van der Waals surface area contributed by atoms with Crippen LogP contribution in [-0.4, -0.2) is 30.9 Å². The second-order valence-electron chi connectivity index (χ2n) is 5.20. The molecule has 0 heterocycles. The molecule has 0 bridgehead atoms. The van der Waals surface area contributed by atoms with Crippen molar-refractivity contribution in [2.45, 2.75) is 13.1 Å². The van der Waals surface area contributed by atoms with Crippen LogP contribution < -0.4 is 4.74 Å². The van der Waals surface area contributed by atoms with Crippen LogP contribution in [0.1, 0.15) is 22.8 Å². The first-order chi connectivity index (χ1) is 12.3. The second kappa shape index (κ2) is 8.55. The summed E-state index contributed by atoms with van der Waals surface area (Å²) in [6, 6.07) is 7.49. The van der Waals surface area contributed by atoms with Crippen molar-refractivity contribution in [2.75, 3.05) is 19.8 Å². The highest BCUT2D eigenvalue weighted by Crippen LogP contribution is 2.39. The summed E-state index contributed by atoms with van der Waals surface area (Å²) in [4.78, 5) is 12.0. The van der Waals surface area contributed by atoms with Gasteiger partial charge in [0.2, 0.25) is 0 Å². The first kappa shape index (κ1) is 20.3. The predicted molar refractivity (Wildman–Crippen MR) is 93.1 cm³/mol. The van der Waals surface area contributed by atoms with Crippen LogP contribution in [0.4, 0.5) is 13.2 Å². The van der Waals surface area contributed by atoms with Gasteiger partial charge in [-0.3, -0.25) is 0 Å². The summed E-state index contributed by atoms with van der Waals surface area (Å²) in [7, 11) is 0. The number of aliphatic hydroxyl groups is 1. The quantitative estimate of drug-likeness (QED) is 0.673. The monoisotopic (exact) mass is 432 g/mol. The summed E-state index contributed by atoms with van der Waals surface area (Å²) in [5, 5.41) is 8.98. The predicted octanol–water partition coefficient (Wildman–Crippen LogP) is 4.68. The van der Waals surface area contributed by atoms with E-state index in [-0.39, 0.29) is 25.4 Å². The molecule has 0 saturated heterocycles. The van der Waals surface area contributed by atoms with E-state index in [0.29, 0.717) is 21.3 Å². The largest absolute Gasteiger partial charge is 0.489 e. The zero-order valence-corrected chi connectivity index (χ0v) is 15.4. The molecule has 2 aromatic rings. The molecule has 0 atom stereocenters. The molecule has 0 spiro atoms. The third-order valence-corrected chi connectivity index (χ3v) is 4.00. The molecule has 0 saturated carbocycles. The smallest absolute Gasteiger partial charge is 0.416 e. The topological polar surface area (TPSA) is 55.8 Å². The van der Waals surface area contributed by atoms with E-state index in [4.69, 9.17) is 14.6 Å². The van der Waals surface area contributed by atoms with Gasteiger partial charge >= 0.3 is 12.1 Å². The van der Waals surface area contributed by atoms with Crippen LogP contribution in [0.2, 0.25) is 0 Å². The minimum absolute atomic E-state index is 0.00894.